The summed E-state index contributed by atoms with van der Waals surface area (Å²) in [6.07, 6.45) is 23.1. The summed E-state index contributed by atoms with van der Waals surface area (Å²) >= 11 is 0. The van der Waals surface area contributed by atoms with E-state index in [9.17, 15) is 5.11 Å². The molecule has 8 atom stereocenters. The topological polar surface area (TPSA) is 20.2 Å². The van der Waals surface area contributed by atoms with Crippen molar-refractivity contribution in [1.29, 1.82) is 0 Å². The van der Waals surface area contributed by atoms with Gasteiger partial charge in [-0.2, -0.15) is 0 Å². The van der Waals surface area contributed by atoms with Crippen LogP contribution in [0.1, 0.15) is 117 Å². The molecule has 0 amide bonds. The fraction of sp³-hybridized carbons (Fsp3) is 1.00. The Labute approximate surface area is 174 Å². The number of hydrogen-bond donors (Lipinski definition) is 1. The molecule has 0 radical (unpaired) electrons. The monoisotopic (exact) mass is 386 g/mol. The zero-order valence-electron chi connectivity index (χ0n) is 18.8. The zero-order valence-corrected chi connectivity index (χ0v) is 18.8. The van der Waals surface area contributed by atoms with Crippen molar-refractivity contribution in [3.05, 3.63) is 0 Å². The van der Waals surface area contributed by atoms with Gasteiger partial charge in [0.1, 0.15) is 0 Å². The first-order chi connectivity index (χ1) is 13.5. The Morgan fingerprint density at radius 1 is 0.750 bits per heavy atom. The number of aliphatic hydroxyl groups is 1. The van der Waals surface area contributed by atoms with Crippen LogP contribution in [0.3, 0.4) is 0 Å². The summed E-state index contributed by atoms with van der Waals surface area (Å²) in [6, 6.07) is 0. The van der Waals surface area contributed by atoms with Crippen molar-refractivity contribution in [1.82, 2.24) is 0 Å². The third-order valence-electron chi connectivity index (χ3n) is 11.5. The van der Waals surface area contributed by atoms with Gasteiger partial charge in [0.05, 0.1) is 6.10 Å². The third kappa shape index (κ3) is 3.21. The van der Waals surface area contributed by atoms with Crippen LogP contribution in [0.25, 0.3) is 0 Å². The molecule has 0 aliphatic heterocycles. The number of rotatable bonds is 4. The highest BCUT2D eigenvalue weighted by molar-refractivity contribution is 5.09. The third-order valence-corrected chi connectivity index (χ3v) is 11.5. The van der Waals surface area contributed by atoms with Gasteiger partial charge in [0, 0.05) is 0 Å². The standard InChI is InChI=1S/C27H46O/c1-26-17-15-25-23(12-10-21-18-22(28)14-16-27(21,25)2)24(26)13-11-20(26)9-5-8-19-6-3-4-7-19/h19-25,28H,3-18H2,1-2H3/t20-,21?,22?,23?,24?,25?,26+,27?/m0/s1. The van der Waals surface area contributed by atoms with E-state index < -0.39 is 0 Å². The van der Waals surface area contributed by atoms with Crippen LogP contribution < -0.4 is 0 Å². The summed E-state index contributed by atoms with van der Waals surface area (Å²) < 4.78 is 0. The van der Waals surface area contributed by atoms with E-state index >= 15 is 0 Å². The highest BCUT2D eigenvalue weighted by Gasteiger charge is 2.59. The summed E-state index contributed by atoms with van der Waals surface area (Å²) in [4.78, 5) is 0. The number of fused-ring (bicyclic) bond motifs is 5. The van der Waals surface area contributed by atoms with Crippen molar-refractivity contribution in [3.8, 4) is 0 Å². The van der Waals surface area contributed by atoms with E-state index in [0.717, 1.165) is 48.3 Å². The molecule has 0 aromatic carbocycles. The Kier molecular flexibility index (Phi) is 5.39. The van der Waals surface area contributed by atoms with Crippen LogP contribution in [0, 0.1) is 46.3 Å². The molecule has 1 nitrogen and oxygen atoms in total. The van der Waals surface area contributed by atoms with Crippen molar-refractivity contribution in [2.24, 2.45) is 46.3 Å². The van der Waals surface area contributed by atoms with E-state index in [4.69, 9.17) is 0 Å². The molecule has 1 N–H and O–H groups in total. The van der Waals surface area contributed by atoms with Crippen LogP contribution >= 0.6 is 0 Å². The van der Waals surface area contributed by atoms with Gasteiger partial charge in [0.15, 0.2) is 0 Å². The predicted molar refractivity (Wildman–Crippen MR) is 117 cm³/mol. The summed E-state index contributed by atoms with van der Waals surface area (Å²) in [5.41, 5.74) is 1.21. The van der Waals surface area contributed by atoms with Crippen molar-refractivity contribution in [3.63, 3.8) is 0 Å². The van der Waals surface area contributed by atoms with Crippen molar-refractivity contribution in [2.45, 2.75) is 123 Å². The highest BCUT2D eigenvalue weighted by Crippen LogP contribution is 2.67. The van der Waals surface area contributed by atoms with Gasteiger partial charge in [0.25, 0.3) is 0 Å². The molecular formula is C27H46O. The van der Waals surface area contributed by atoms with Gasteiger partial charge in [-0.05, 0) is 111 Å². The molecule has 5 aliphatic carbocycles. The summed E-state index contributed by atoms with van der Waals surface area (Å²) in [7, 11) is 0. The van der Waals surface area contributed by atoms with Crippen LogP contribution in [0.4, 0.5) is 0 Å². The maximum Gasteiger partial charge on any atom is 0.0543 e. The van der Waals surface area contributed by atoms with Gasteiger partial charge in [-0.3, -0.25) is 0 Å². The lowest BCUT2D eigenvalue weighted by Crippen LogP contribution is -2.53. The Morgan fingerprint density at radius 3 is 2.32 bits per heavy atom. The lowest BCUT2D eigenvalue weighted by molar-refractivity contribution is -0.127. The lowest BCUT2D eigenvalue weighted by atomic mass is 9.44. The Balaban J connectivity index is 1.25. The quantitative estimate of drug-likeness (QED) is 0.535. The molecule has 5 rings (SSSR count). The fourth-order valence-electron chi connectivity index (χ4n) is 9.77. The predicted octanol–water partition coefficient (Wildman–Crippen LogP) is 7.37. The molecule has 5 saturated carbocycles. The first kappa shape index (κ1) is 19.9. The minimum atomic E-state index is -0.000732. The van der Waals surface area contributed by atoms with Gasteiger partial charge >= 0.3 is 0 Å². The van der Waals surface area contributed by atoms with Gasteiger partial charge < -0.3 is 5.11 Å². The van der Waals surface area contributed by atoms with E-state index in [1.807, 2.05) is 0 Å². The molecule has 160 valence electrons. The average molecular weight is 387 g/mol. The molecule has 0 bridgehead atoms. The molecule has 28 heavy (non-hydrogen) atoms. The SMILES string of the molecule is CC12CCC(O)CC1CCC1C2CC[C@@]2(C)C1CC[C@@H]2CCCC1CCCC1. The van der Waals surface area contributed by atoms with Crippen molar-refractivity contribution in [2.75, 3.05) is 0 Å². The van der Waals surface area contributed by atoms with E-state index in [1.54, 1.807) is 0 Å². The van der Waals surface area contributed by atoms with E-state index in [-0.39, 0.29) is 6.10 Å². The van der Waals surface area contributed by atoms with Crippen molar-refractivity contribution < 1.29 is 5.11 Å². The number of aliphatic hydroxyl groups excluding tert-OH is 1. The van der Waals surface area contributed by atoms with Crippen LogP contribution in [0.2, 0.25) is 0 Å². The van der Waals surface area contributed by atoms with Gasteiger partial charge in [-0.1, -0.05) is 52.4 Å². The molecule has 5 fully saturated rings. The van der Waals surface area contributed by atoms with Gasteiger partial charge in [-0.15, -0.1) is 0 Å². The average Bonchev–Trinajstić information content (AvgIpc) is 3.30. The normalized spacial score (nSPS) is 51.5. The van der Waals surface area contributed by atoms with Crippen molar-refractivity contribution >= 4 is 0 Å². The molecular weight excluding hydrogens is 340 g/mol. The Bertz CT molecular complexity index is 550. The molecule has 6 unspecified atom stereocenters. The van der Waals surface area contributed by atoms with Crippen LogP contribution in [0.5, 0.6) is 0 Å². The first-order valence-corrected chi connectivity index (χ1v) is 13.2. The van der Waals surface area contributed by atoms with E-state index in [2.05, 4.69) is 13.8 Å². The molecule has 0 aromatic heterocycles. The molecule has 0 saturated heterocycles. The van der Waals surface area contributed by atoms with Crippen LogP contribution in [-0.4, -0.2) is 11.2 Å². The van der Waals surface area contributed by atoms with E-state index in [1.165, 1.54) is 89.9 Å². The zero-order chi connectivity index (χ0) is 19.4. The second kappa shape index (κ2) is 7.58. The molecule has 0 heterocycles. The molecule has 0 spiro atoms. The van der Waals surface area contributed by atoms with E-state index in [0.29, 0.717) is 10.8 Å². The maximum atomic E-state index is 10.2. The highest BCUT2D eigenvalue weighted by atomic mass is 16.3. The Hall–Kier alpha value is -0.0400. The summed E-state index contributed by atoms with van der Waals surface area (Å²) in [6.45, 7) is 5.36. The van der Waals surface area contributed by atoms with Gasteiger partial charge in [-0.25, -0.2) is 0 Å². The largest absolute Gasteiger partial charge is 0.393 e. The van der Waals surface area contributed by atoms with Gasteiger partial charge in [0.2, 0.25) is 0 Å². The minimum absolute atomic E-state index is 0.000732. The smallest absolute Gasteiger partial charge is 0.0543 e. The molecule has 0 aromatic rings. The summed E-state index contributed by atoms with van der Waals surface area (Å²) in [5, 5.41) is 10.2. The second-order valence-electron chi connectivity index (χ2n) is 12.5. The maximum absolute atomic E-state index is 10.2. The molecule has 5 aliphatic rings. The Morgan fingerprint density at radius 2 is 1.50 bits per heavy atom. The number of hydrogen-bond acceptors (Lipinski definition) is 1. The fourth-order valence-corrected chi connectivity index (χ4v) is 9.77. The lowest BCUT2D eigenvalue weighted by Gasteiger charge is -2.61. The second-order valence-corrected chi connectivity index (χ2v) is 12.5. The van der Waals surface area contributed by atoms with Crippen LogP contribution in [0.15, 0.2) is 0 Å². The summed E-state index contributed by atoms with van der Waals surface area (Å²) in [5.74, 6) is 5.91. The first-order valence-electron chi connectivity index (χ1n) is 13.2. The minimum Gasteiger partial charge on any atom is -0.393 e. The van der Waals surface area contributed by atoms with Crippen LogP contribution in [-0.2, 0) is 0 Å². The molecule has 1 heteroatoms.